The molecule has 1 aliphatic rings. The number of carbonyl (C=O) groups excluding carboxylic acids is 1. The Hall–Kier alpha value is -1.81. The van der Waals surface area contributed by atoms with Crippen molar-refractivity contribution in [2.45, 2.75) is 19.3 Å². The Morgan fingerprint density at radius 2 is 2.29 bits per heavy atom. The van der Waals surface area contributed by atoms with Gasteiger partial charge in [-0.2, -0.15) is 0 Å². The number of H-pyrrole nitrogens is 1. The Morgan fingerprint density at radius 3 is 3.14 bits per heavy atom. The number of para-hydroxylation sites is 1. The van der Waals surface area contributed by atoms with Gasteiger partial charge in [0.2, 0.25) is 5.91 Å². The highest BCUT2D eigenvalue weighted by Gasteiger charge is 2.25. The Morgan fingerprint density at radius 1 is 1.43 bits per heavy atom. The summed E-state index contributed by atoms with van der Waals surface area (Å²) < 4.78 is 5.18. The molecule has 0 saturated carbocycles. The van der Waals surface area contributed by atoms with Crippen LogP contribution in [0.15, 0.2) is 30.5 Å². The van der Waals surface area contributed by atoms with Crippen molar-refractivity contribution in [3.05, 3.63) is 36.0 Å². The topological polar surface area (TPSA) is 45.3 Å². The van der Waals surface area contributed by atoms with Gasteiger partial charge in [0.05, 0.1) is 6.61 Å². The number of nitrogens with one attached hydrogen (secondary N) is 1. The SMILES string of the molecule is COCC1CCN(C(=O)CCc2c[nH]c3ccccc23)C1. The first-order chi connectivity index (χ1) is 10.3. The number of hydrogen-bond donors (Lipinski definition) is 1. The van der Waals surface area contributed by atoms with Crippen molar-refractivity contribution in [1.82, 2.24) is 9.88 Å². The smallest absolute Gasteiger partial charge is 0.222 e. The van der Waals surface area contributed by atoms with Crippen molar-refractivity contribution in [1.29, 1.82) is 0 Å². The normalized spacial score (nSPS) is 18.5. The number of aryl methyl sites for hydroxylation is 1. The summed E-state index contributed by atoms with van der Waals surface area (Å²) in [5.41, 5.74) is 2.37. The zero-order valence-corrected chi connectivity index (χ0v) is 12.5. The molecule has 0 spiro atoms. The average Bonchev–Trinajstić information content (AvgIpc) is 3.12. The number of fused-ring (bicyclic) bond motifs is 1. The zero-order chi connectivity index (χ0) is 14.7. The molecule has 0 bridgehead atoms. The van der Waals surface area contributed by atoms with Gasteiger partial charge in [-0.25, -0.2) is 0 Å². The maximum atomic E-state index is 12.3. The molecule has 1 unspecified atom stereocenters. The number of aromatic nitrogens is 1. The second-order valence-electron chi connectivity index (χ2n) is 5.81. The van der Waals surface area contributed by atoms with Crippen LogP contribution in [0.3, 0.4) is 0 Å². The third-order valence-corrected chi connectivity index (χ3v) is 4.32. The van der Waals surface area contributed by atoms with Gasteiger partial charge in [0.1, 0.15) is 0 Å². The van der Waals surface area contributed by atoms with Gasteiger partial charge in [-0.05, 0) is 24.5 Å². The number of methoxy groups -OCH3 is 1. The monoisotopic (exact) mass is 286 g/mol. The number of ether oxygens (including phenoxy) is 1. The molecule has 1 aliphatic heterocycles. The van der Waals surface area contributed by atoms with E-state index in [1.54, 1.807) is 7.11 Å². The van der Waals surface area contributed by atoms with E-state index in [1.165, 1.54) is 10.9 Å². The van der Waals surface area contributed by atoms with E-state index < -0.39 is 0 Å². The van der Waals surface area contributed by atoms with Gasteiger partial charge in [0.15, 0.2) is 0 Å². The molecular weight excluding hydrogens is 264 g/mol. The Kier molecular flexibility index (Phi) is 4.25. The fraction of sp³-hybridized carbons (Fsp3) is 0.471. The summed E-state index contributed by atoms with van der Waals surface area (Å²) in [5, 5.41) is 1.23. The number of aromatic amines is 1. The lowest BCUT2D eigenvalue weighted by Crippen LogP contribution is -2.29. The fourth-order valence-electron chi connectivity index (χ4n) is 3.17. The van der Waals surface area contributed by atoms with Crippen molar-refractivity contribution < 1.29 is 9.53 Å². The molecule has 112 valence electrons. The zero-order valence-electron chi connectivity index (χ0n) is 12.5. The van der Waals surface area contributed by atoms with Crippen LogP contribution in [-0.2, 0) is 16.0 Å². The maximum absolute atomic E-state index is 12.3. The van der Waals surface area contributed by atoms with Crippen LogP contribution in [0.1, 0.15) is 18.4 Å². The van der Waals surface area contributed by atoms with Crippen molar-refractivity contribution in [3.8, 4) is 0 Å². The lowest BCUT2D eigenvalue weighted by Gasteiger charge is -2.16. The van der Waals surface area contributed by atoms with E-state index >= 15 is 0 Å². The second kappa shape index (κ2) is 6.31. The summed E-state index contributed by atoms with van der Waals surface area (Å²) in [5.74, 6) is 0.769. The molecule has 3 rings (SSSR count). The van der Waals surface area contributed by atoms with Crippen molar-refractivity contribution >= 4 is 16.8 Å². The summed E-state index contributed by atoms with van der Waals surface area (Å²) in [4.78, 5) is 17.5. The Labute approximate surface area is 125 Å². The highest BCUT2D eigenvalue weighted by molar-refractivity contribution is 5.84. The molecule has 21 heavy (non-hydrogen) atoms. The van der Waals surface area contributed by atoms with Crippen LogP contribution in [-0.4, -0.2) is 42.6 Å². The van der Waals surface area contributed by atoms with Crippen LogP contribution in [0.4, 0.5) is 0 Å². The molecule has 1 saturated heterocycles. The minimum Gasteiger partial charge on any atom is -0.384 e. The number of likely N-dealkylation sites (tertiary alicyclic amines) is 1. The molecule has 1 N–H and O–H groups in total. The van der Waals surface area contributed by atoms with Gasteiger partial charge in [0, 0.05) is 49.6 Å². The summed E-state index contributed by atoms with van der Waals surface area (Å²) in [6.07, 6.45) is 4.47. The van der Waals surface area contributed by atoms with Crippen molar-refractivity contribution in [2.75, 3.05) is 26.8 Å². The lowest BCUT2D eigenvalue weighted by molar-refractivity contribution is -0.130. The van der Waals surface area contributed by atoms with Crippen LogP contribution in [0.5, 0.6) is 0 Å². The number of rotatable bonds is 5. The Bertz CT molecular complexity index is 620. The fourth-order valence-corrected chi connectivity index (χ4v) is 3.17. The van der Waals surface area contributed by atoms with E-state index in [1.807, 2.05) is 23.2 Å². The highest BCUT2D eigenvalue weighted by Crippen LogP contribution is 2.21. The minimum absolute atomic E-state index is 0.263. The van der Waals surface area contributed by atoms with Crippen LogP contribution < -0.4 is 0 Å². The van der Waals surface area contributed by atoms with Gasteiger partial charge in [-0.1, -0.05) is 18.2 Å². The van der Waals surface area contributed by atoms with Crippen LogP contribution >= 0.6 is 0 Å². The van der Waals surface area contributed by atoms with Gasteiger partial charge in [0.25, 0.3) is 0 Å². The summed E-state index contributed by atoms with van der Waals surface area (Å²) in [6.45, 7) is 2.48. The van der Waals surface area contributed by atoms with E-state index in [-0.39, 0.29) is 5.91 Å². The van der Waals surface area contributed by atoms with E-state index in [2.05, 4.69) is 17.1 Å². The molecule has 1 amide bonds. The number of hydrogen-bond acceptors (Lipinski definition) is 2. The first-order valence-electron chi connectivity index (χ1n) is 7.59. The quantitative estimate of drug-likeness (QED) is 0.918. The maximum Gasteiger partial charge on any atom is 0.222 e. The van der Waals surface area contributed by atoms with Crippen molar-refractivity contribution in [3.63, 3.8) is 0 Å². The molecule has 1 aromatic carbocycles. The third-order valence-electron chi connectivity index (χ3n) is 4.32. The first-order valence-corrected chi connectivity index (χ1v) is 7.59. The molecule has 1 fully saturated rings. The van der Waals surface area contributed by atoms with E-state index in [4.69, 9.17) is 4.74 Å². The molecule has 2 aromatic rings. The summed E-state index contributed by atoms with van der Waals surface area (Å²) in [7, 11) is 1.72. The van der Waals surface area contributed by atoms with Crippen molar-refractivity contribution in [2.24, 2.45) is 5.92 Å². The molecular formula is C17H22N2O2. The molecule has 1 aromatic heterocycles. The summed E-state index contributed by atoms with van der Waals surface area (Å²) >= 11 is 0. The van der Waals surface area contributed by atoms with Crippen LogP contribution in [0, 0.1) is 5.92 Å². The molecule has 1 atom stereocenters. The first kappa shape index (κ1) is 14.1. The van der Waals surface area contributed by atoms with E-state index in [0.717, 1.165) is 38.1 Å². The predicted octanol–water partition coefficient (Wildman–Crippen LogP) is 2.60. The molecule has 0 aliphatic carbocycles. The summed E-state index contributed by atoms with van der Waals surface area (Å²) in [6, 6.07) is 8.23. The molecule has 4 heteroatoms. The Balaban J connectivity index is 1.57. The number of amides is 1. The lowest BCUT2D eigenvalue weighted by atomic mass is 10.1. The third kappa shape index (κ3) is 3.10. The van der Waals surface area contributed by atoms with Gasteiger partial charge >= 0.3 is 0 Å². The number of benzene rings is 1. The average molecular weight is 286 g/mol. The largest absolute Gasteiger partial charge is 0.384 e. The van der Waals surface area contributed by atoms with E-state index in [0.29, 0.717) is 12.3 Å². The van der Waals surface area contributed by atoms with Crippen LogP contribution in [0.2, 0.25) is 0 Å². The molecule has 0 radical (unpaired) electrons. The van der Waals surface area contributed by atoms with Gasteiger partial charge < -0.3 is 14.6 Å². The minimum atomic E-state index is 0.263. The standard InChI is InChI=1S/C17H22N2O2/c1-21-12-13-8-9-19(11-13)17(20)7-6-14-10-18-16-5-3-2-4-15(14)16/h2-5,10,13,18H,6-9,11-12H2,1H3. The molecule has 2 heterocycles. The predicted molar refractivity (Wildman–Crippen MR) is 83.2 cm³/mol. The van der Waals surface area contributed by atoms with Gasteiger partial charge in [-0.15, -0.1) is 0 Å². The van der Waals surface area contributed by atoms with Gasteiger partial charge in [-0.3, -0.25) is 4.79 Å². The highest BCUT2D eigenvalue weighted by atomic mass is 16.5. The second-order valence-corrected chi connectivity index (χ2v) is 5.81. The van der Waals surface area contributed by atoms with Crippen LogP contribution in [0.25, 0.3) is 10.9 Å². The van der Waals surface area contributed by atoms with E-state index in [9.17, 15) is 4.79 Å². The number of carbonyl (C=O) groups is 1. The molecule has 4 nitrogen and oxygen atoms in total. The number of nitrogens with zero attached hydrogens (tertiary/aromatic N) is 1.